The molecular formula is C44H55F2N5O7. The van der Waals surface area contributed by atoms with E-state index < -0.39 is 23.3 Å². The van der Waals surface area contributed by atoms with Crippen LogP contribution in [0.3, 0.4) is 0 Å². The van der Waals surface area contributed by atoms with Crippen LogP contribution in [0.1, 0.15) is 71.3 Å². The Hall–Kier alpha value is -4.39. The van der Waals surface area contributed by atoms with Crippen LogP contribution in [0, 0.1) is 35.3 Å². The summed E-state index contributed by atoms with van der Waals surface area (Å²) in [6, 6.07) is 5.60. The number of hydrogen-bond donors (Lipinski definition) is 3. The van der Waals surface area contributed by atoms with Crippen LogP contribution in [-0.2, 0) is 9.47 Å². The number of methoxy groups -OCH3 is 1. The number of fused-ring (bicyclic) bond motifs is 3. The van der Waals surface area contributed by atoms with Crippen molar-refractivity contribution >= 4 is 27.5 Å². The summed E-state index contributed by atoms with van der Waals surface area (Å²) < 4.78 is 56.4. The monoisotopic (exact) mass is 803 g/mol. The molecule has 5 heterocycles. The lowest BCUT2D eigenvalue weighted by molar-refractivity contribution is -0.0528. The van der Waals surface area contributed by atoms with Crippen molar-refractivity contribution in [3.05, 3.63) is 41.5 Å². The number of phenols is 1. The van der Waals surface area contributed by atoms with Crippen LogP contribution in [0.25, 0.3) is 32.9 Å². The molecule has 4 fully saturated rings. The average Bonchev–Trinajstić information content (AvgIpc) is 3.60. The summed E-state index contributed by atoms with van der Waals surface area (Å²) in [5.74, 6) is 1.28. The molecule has 3 N–H and O–H groups in total. The van der Waals surface area contributed by atoms with Gasteiger partial charge in [-0.05, 0) is 81.5 Å². The first-order valence-corrected chi connectivity index (χ1v) is 20.5. The molecule has 0 spiro atoms. The summed E-state index contributed by atoms with van der Waals surface area (Å²) in [4.78, 5) is 18.5. The number of nitrogens with zero attached hydrogens (tertiary/aromatic N) is 5. The van der Waals surface area contributed by atoms with E-state index in [2.05, 4.69) is 15.8 Å². The normalized spacial score (nSPS) is 25.5. The smallest absolute Gasteiger partial charge is 0.319 e. The third-order valence-electron chi connectivity index (χ3n) is 12.2. The minimum absolute atomic E-state index is 0.0107. The maximum atomic E-state index is 17.4. The molecule has 58 heavy (non-hydrogen) atoms. The van der Waals surface area contributed by atoms with E-state index in [4.69, 9.17) is 35.3 Å². The summed E-state index contributed by atoms with van der Waals surface area (Å²) in [7, 11) is 1.37. The fourth-order valence-electron chi connectivity index (χ4n) is 9.56. The van der Waals surface area contributed by atoms with Gasteiger partial charge in [0.25, 0.3) is 0 Å². The molecule has 1 aliphatic carbocycles. The lowest BCUT2D eigenvalue weighted by atomic mass is 9.75. The summed E-state index contributed by atoms with van der Waals surface area (Å²) in [6.07, 6.45) is 12.4. The van der Waals surface area contributed by atoms with E-state index in [0.717, 1.165) is 71.2 Å². The summed E-state index contributed by atoms with van der Waals surface area (Å²) in [5.41, 5.74) is -2.06. The van der Waals surface area contributed by atoms with Gasteiger partial charge in [0, 0.05) is 48.7 Å². The first-order valence-electron chi connectivity index (χ1n) is 20.5. The number of phenolic OH excluding ortho intramolecular Hbond substituents is 1. The van der Waals surface area contributed by atoms with Crippen LogP contribution in [0.5, 0.6) is 17.6 Å². The Balaban J connectivity index is 0.00000252. The highest BCUT2D eigenvalue weighted by molar-refractivity contribution is 6.04. The van der Waals surface area contributed by atoms with E-state index in [1.807, 2.05) is 13.8 Å². The molecule has 4 atom stereocenters. The first kappa shape index (κ1) is 41.8. The highest BCUT2D eigenvalue weighted by Gasteiger charge is 2.49. The molecule has 4 unspecified atom stereocenters. The van der Waals surface area contributed by atoms with Crippen molar-refractivity contribution in [2.45, 2.75) is 83.5 Å². The van der Waals surface area contributed by atoms with E-state index in [-0.39, 0.29) is 88.3 Å². The van der Waals surface area contributed by atoms with Gasteiger partial charge in [0.1, 0.15) is 39.6 Å². The van der Waals surface area contributed by atoms with Gasteiger partial charge in [-0.1, -0.05) is 32.3 Å². The number of aromatic hydroxyl groups is 1. The molecule has 0 amide bonds. The molecule has 4 aliphatic rings. The van der Waals surface area contributed by atoms with Gasteiger partial charge < -0.3 is 39.2 Å². The van der Waals surface area contributed by atoms with E-state index in [0.29, 0.717) is 24.0 Å². The largest absolute Gasteiger partial charge is 0.508 e. The number of hydrogen-bond acceptors (Lipinski definition) is 12. The number of aliphatic hydroxyl groups excluding tert-OH is 1. The van der Waals surface area contributed by atoms with Crippen LogP contribution < -0.4 is 14.4 Å². The predicted octanol–water partition coefficient (Wildman–Crippen LogP) is 6.23. The maximum absolute atomic E-state index is 17.4. The number of rotatable bonds is 9. The number of β-amino-alcohol motifs (C(OH)–C–C–N with tert-alkyl or cyclic N) is 1. The Bertz CT molecular complexity index is 2160. The zero-order valence-corrected chi connectivity index (χ0v) is 33.9. The molecule has 4 aromatic rings. The van der Waals surface area contributed by atoms with Gasteiger partial charge in [-0.2, -0.15) is 9.97 Å². The molecule has 312 valence electrons. The summed E-state index contributed by atoms with van der Waals surface area (Å²) >= 11 is 0. The van der Waals surface area contributed by atoms with Gasteiger partial charge in [0.15, 0.2) is 5.82 Å². The molecule has 0 radical (unpaired) electrons. The Labute approximate surface area is 338 Å². The first-order chi connectivity index (χ1) is 28.0. The van der Waals surface area contributed by atoms with Gasteiger partial charge in [0.2, 0.25) is 5.88 Å². The summed E-state index contributed by atoms with van der Waals surface area (Å²) in [5, 5.41) is 32.9. The lowest BCUT2D eigenvalue weighted by Gasteiger charge is -2.47. The van der Waals surface area contributed by atoms with Gasteiger partial charge in [-0.3, -0.25) is 4.90 Å². The molecule has 3 saturated heterocycles. The van der Waals surface area contributed by atoms with Crippen molar-refractivity contribution in [1.29, 1.82) is 0 Å². The van der Waals surface area contributed by atoms with Crippen molar-refractivity contribution in [2.24, 2.45) is 11.3 Å². The number of likely N-dealkylation sites (tertiary alicyclic amines) is 1. The van der Waals surface area contributed by atoms with E-state index >= 15 is 8.78 Å². The Morgan fingerprint density at radius 3 is 2.57 bits per heavy atom. The van der Waals surface area contributed by atoms with Crippen LogP contribution in [0.15, 0.2) is 24.3 Å². The molecule has 2 aromatic heterocycles. The number of aliphatic hydroxyl groups is 2. The zero-order chi connectivity index (χ0) is 41.2. The van der Waals surface area contributed by atoms with E-state index in [1.165, 1.54) is 31.4 Å². The number of aromatic nitrogens is 3. The minimum Gasteiger partial charge on any atom is -0.508 e. The van der Waals surface area contributed by atoms with Crippen LogP contribution in [0.2, 0.25) is 0 Å². The van der Waals surface area contributed by atoms with Crippen LogP contribution >= 0.6 is 0 Å². The Morgan fingerprint density at radius 2 is 1.83 bits per heavy atom. The minimum atomic E-state index is -1.37. The number of anilines is 1. The number of benzene rings is 2. The van der Waals surface area contributed by atoms with E-state index in [9.17, 15) is 15.3 Å². The molecule has 2 aromatic carbocycles. The van der Waals surface area contributed by atoms with Crippen molar-refractivity contribution in [3.8, 4) is 41.2 Å². The fraction of sp³-hybridized carbons (Fsp3) is 0.568. The topological polar surface area (TPSA) is 143 Å². The zero-order valence-electron chi connectivity index (χ0n) is 33.9. The number of piperidine rings is 1. The van der Waals surface area contributed by atoms with Gasteiger partial charge in [-0.25, -0.2) is 13.8 Å². The molecular weight excluding hydrogens is 749 g/mol. The van der Waals surface area contributed by atoms with Gasteiger partial charge in [-0.15, -0.1) is 6.42 Å². The highest BCUT2D eigenvalue weighted by atomic mass is 19.1. The average molecular weight is 804 g/mol. The third-order valence-corrected chi connectivity index (χ3v) is 12.2. The van der Waals surface area contributed by atoms with Crippen molar-refractivity contribution in [1.82, 2.24) is 19.9 Å². The van der Waals surface area contributed by atoms with Crippen molar-refractivity contribution in [3.63, 3.8) is 0 Å². The number of ether oxygens (including phenoxy) is 4. The van der Waals surface area contributed by atoms with Crippen LogP contribution in [0.4, 0.5) is 14.6 Å². The second kappa shape index (κ2) is 17.5. The highest BCUT2D eigenvalue weighted by Crippen LogP contribution is 2.49. The standard InChI is InChI=1S/C42H49F2N5O7.C2H6/c1-4-29-31(43)9-8-26-17-27(51)18-30(33(26)29)36-35(44)37-34(39(45-36)53-3)38(49-20-28(21-50)55-23-41(2,52)22-49)47-40(46-37)56-24-42-12-5-7-32(42)48(14-6-13-42)19-25-10-15-54-16-11-25;1-2/h1,8-9,17-18,25,28,32,50-52H,5-7,10-16,19-24H2,2-3H3;1-2H3. The second-order valence-corrected chi connectivity index (χ2v) is 16.2. The maximum Gasteiger partial charge on any atom is 0.319 e. The molecule has 14 heteroatoms. The second-order valence-electron chi connectivity index (χ2n) is 16.2. The predicted molar refractivity (Wildman–Crippen MR) is 217 cm³/mol. The molecule has 12 nitrogen and oxygen atoms in total. The number of halogens is 2. The summed E-state index contributed by atoms with van der Waals surface area (Å²) in [6.45, 7) is 9.34. The van der Waals surface area contributed by atoms with E-state index in [1.54, 1.807) is 11.8 Å². The molecule has 8 rings (SSSR count). The lowest BCUT2D eigenvalue weighted by Crippen LogP contribution is -2.53. The van der Waals surface area contributed by atoms with Gasteiger partial charge in [0.05, 0.1) is 45.1 Å². The van der Waals surface area contributed by atoms with Gasteiger partial charge >= 0.3 is 6.01 Å². The molecule has 3 aliphatic heterocycles. The van der Waals surface area contributed by atoms with Crippen LogP contribution in [-0.4, -0.2) is 119 Å². The third kappa shape index (κ3) is 8.12. The molecule has 0 bridgehead atoms. The molecule has 1 saturated carbocycles. The fourth-order valence-corrected chi connectivity index (χ4v) is 9.56. The van der Waals surface area contributed by atoms with Crippen molar-refractivity contribution in [2.75, 3.05) is 71.2 Å². The quantitative estimate of drug-likeness (QED) is 0.165. The SMILES string of the molecule is C#Cc1c(F)ccc2cc(O)cc(-c3nc(OC)c4c(N5CC(CO)OCC(C)(O)C5)nc(OCC56CCCC5N(CC5CCOCC5)CCC6)nc4c3F)c12.CC. The van der Waals surface area contributed by atoms with Crippen molar-refractivity contribution < 1.29 is 43.0 Å². The Kier molecular flexibility index (Phi) is 12.6. The number of terminal acetylenes is 1. The number of pyridine rings is 1. The Morgan fingerprint density at radius 1 is 1.05 bits per heavy atom.